The topological polar surface area (TPSA) is 103 Å². The van der Waals surface area contributed by atoms with Crippen molar-refractivity contribution in [2.45, 2.75) is 82.7 Å². The highest BCUT2D eigenvalue weighted by molar-refractivity contribution is 6.09. The number of nitrogens with zero attached hydrogens (tertiary/aromatic N) is 4. The highest BCUT2D eigenvalue weighted by atomic mass is 16.2. The maximum Gasteiger partial charge on any atom is 0.234 e. The van der Waals surface area contributed by atoms with Crippen LogP contribution in [0.1, 0.15) is 91.0 Å². The van der Waals surface area contributed by atoms with E-state index in [4.69, 9.17) is 5.73 Å². The van der Waals surface area contributed by atoms with Gasteiger partial charge in [-0.05, 0) is 117 Å². The summed E-state index contributed by atoms with van der Waals surface area (Å²) in [6.45, 7) is 6.09. The summed E-state index contributed by atoms with van der Waals surface area (Å²) >= 11 is 0. The Hall–Kier alpha value is -3.62. The lowest BCUT2D eigenvalue weighted by molar-refractivity contribution is -0.134. The number of carbonyl (C=O) groups is 2. The van der Waals surface area contributed by atoms with Crippen LogP contribution in [0.2, 0.25) is 0 Å². The monoisotopic (exact) mass is 566 g/mol. The molecule has 0 bridgehead atoms. The molecule has 0 radical (unpaired) electrons. The van der Waals surface area contributed by atoms with Crippen molar-refractivity contribution in [1.82, 2.24) is 15.2 Å². The van der Waals surface area contributed by atoms with E-state index < -0.39 is 0 Å². The number of piperidine rings is 2. The van der Waals surface area contributed by atoms with Gasteiger partial charge in [0.15, 0.2) is 0 Å². The zero-order chi connectivity index (χ0) is 29.1. The molecular formula is C34H42N6O2. The molecule has 4 aliphatic heterocycles. The predicted molar refractivity (Wildman–Crippen MR) is 166 cm³/mol. The zero-order valence-corrected chi connectivity index (χ0v) is 24.6. The molecule has 2 aromatic rings. The first kappa shape index (κ1) is 28.5. The molecule has 42 heavy (non-hydrogen) atoms. The molecule has 2 aromatic carbocycles. The summed E-state index contributed by atoms with van der Waals surface area (Å²) in [4.78, 5) is 31.0. The van der Waals surface area contributed by atoms with E-state index >= 15 is 0 Å². The lowest BCUT2D eigenvalue weighted by atomic mass is 9.86. The normalized spacial score (nSPS) is 23.0. The fraction of sp³-hybridized carbons (Fsp3) is 0.471. The number of aliphatic imine (C=N–C) groups is 1. The van der Waals surface area contributed by atoms with Crippen LogP contribution in [0.4, 0.5) is 0 Å². The van der Waals surface area contributed by atoms with Gasteiger partial charge in [-0.1, -0.05) is 36.4 Å². The average Bonchev–Trinajstić information content (AvgIpc) is 3.43. The van der Waals surface area contributed by atoms with Gasteiger partial charge in [-0.25, -0.2) is 4.99 Å². The molecular weight excluding hydrogens is 524 g/mol. The van der Waals surface area contributed by atoms with Gasteiger partial charge in [-0.3, -0.25) is 19.9 Å². The van der Waals surface area contributed by atoms with Crippen molar-refractivity contribution in [2.24, 2.45) is 15.8 Å². The van der Waals surface area contributed by atoms with E-state index in [1.807, 2.05) is 0 Å². The van der Waals surface area contributed by atoms with Crippen LogP contribution in [-0.4, -0.2) is 59.4 Å². The number of benzene rings is 2. The van der Waals surface area contributed by atoms with E-state index in [2.05, 4.69) is 80.9 Å². The Morgan fingerprint density at radius 1 is 1.00 bits per heavy atom. The minimum absolute atomic E-state index is 0.162. The molecule has 2 fully saturated rings. The summed E-state index contributed by atoms with van der Waals surface area (Å²) in [6, 6.07) is 15.2. The second-order valence-corrected chi connectivity index (χ2v) is 12.2. The number of hydrogen-bond acceptors (Lipinski definition) is 7. The number of aryl methyl sites for hydroxylation is 1. The summed E-state index contributed by atoms with van der Waals surface area (Å²) in [6.07, 6.45) is 11.8. The number of amides is 2. The maximum absolute atomic E-state index is 12.2. The van der Waals surface area contributed by atoms with Crippen molar-refractivity contribution in [1.29, 1.82) is 0 Å². The summed E-state index contributed by atoms with van der Waals surface area (Å²) in [7, 11) is 0. The Morgan fingerprint density at radius 3 is 2.52 bits per heavy atom. The Labute approximate surface area is 248 Å². The zero-order valence-electron chi connectivity index (χ0n) is 24.6. The molecule has 2 unspecified atom stereocenters. The number of imide groups is 1. The second-order valence-electron chi connectivity index (χ2n) is 12.2. The van der Waals surface area contributed by atoms with Crippen LogP contribution in [0.5, 0.6) is 0 Å². The van der Waals surface area contributed by atoms with E-state index in [0.717, 1.165) is 49.3 Å². The molecule has 0 aromatic heterocycles. The molecule has 0 saturated carbocycles. The standard InChI is InChI=1S/C34H42N6O2/c1-23-18-28(9-10-29(23)20-35)33-31-19-24(21-40(31)37-22-36-33)4-2-3-15-39-16-13-26(14-17-39)25-5-7-27(8-6-25)30-11-12-32(41)38-34(30)42/h5-10,18,21-22,26,30-31H,2-4,11-17,19-20,35H2,1H3,(H,38,41,42). The van der Waals surface area contributed by atoms with Crippen molar-refractivity contribution >= 4 is 23.9 Å². The Kier molecular flexibility index (Phi) is 8.63. The average molecular weight is 567 g/mol. The van der Waals surface area contributed by atoms with Gasteiger partial charge in [0.1, 0.15) is 6.34 Å². The Bertz CT molecular complexity index is 1400. The number of rotatable bonds is 9. The van der Waals surface area contributed by atoms with E-state index in [0.29, 0.717) is 25.3 Å². The number of hydrogen-bond donors (Lipinski definition) is 2. The number of fused-ring (bicyclic) bond motifs is 1. The van der Waals surface area contributed by atoms with Crippen LogP contribution in [0.15, 0.2) is 64.3 Å². The number of nitrogens with two attached hydrogens (primary N) is 1. The van der Waals surface area contributed by atoms with Gasteiger partial charge < -0.3 is 10.6 Å². The van der Waals surface area contributed by atoms with E-state index in [9.17, 15) is 9.59 Å². The minimum atomic E-state index is -0.208. The fourth-order valence-electron chi connectivity index (χ4n) is 6.95. The van der Waals surface area contributed by atoms with Crippen molar-refractivity contribution < 1.29 is 9.59 Å². The largest absolute Gasteiger partial charge is 0.326 e. The molecule has 0 spiro atoms. The third-order valence-corrected chi connectivity index (χ3v) is 9.50. The summed E-state index contributed by atoms with van der Waals surface area (Å²) < 4.78 is 0. The van der Waals surface area contributed by atoms with Crippen LogP contribution in [0.25, 0.3) is 0 Å². The van der Waals surface area contributed by atoms with Gasteiger partial charge in [0, 0.05) is 19.2 Å². The van der Waals surface area contributed by atoms with Crippen molar-refractivity contribution in [2.75, 3.05) is 19.6 Å². The van der Waals surface area contributed by atoms with Crippen LogP contribution >= 0.6 is 0 Å². The number of likely N-dealkylation sites (tertiary alicyclic amines) is 1. The Morgan fingerprint density at radius 2 is 1.79 bits per heavy atom. The van der Waals surface area contributed by atoms with Crippen LogP contribution < -0.4 is 11.1 Å². The lowest BCUT2D eigenvalue weighted by Gasteiger charge is -2.32. The predicted octanol–water partition coefficient (Wildman–Crippen LogP) is 4.73. The molecule has 2 saturated heterocycles. The highest BCUT2D eigenvalue weighted by Crippen LogP contribution is 2.33. The smallest absolute Gasteiger partial charge is 0.234 e. The molecule has 8 nitrogen and oxygen atoms in total. The fourth-order valence-corrected chi connectivity index (χ4v) is 6.95. The molecule has 220 valence electrons. The summed E-state index contributed by atoms with van der Waals surface area (Å²) in [5.74, 6) is 0.0412. The molecule has 4 heterocycles. The van der Waals surface area contributed by atoms with Crippen LogP contribution in [0.3, 0.4) is 0 Å². The lowest BCUT2D eigenvalue weighted by Crippen LogP contribution is -2.39. The van der Waals surface area contributed by atoms with Gasteiger partial charge in [0.2, 0.25) is 11.8 Å². The Balaban J connectivity index is 0.926. The number of nitrogens with one attached hydrogen (secondary N) is 1. The van der Waals surface area contributed by atoms with E-state index in [1.165, 1.54) is 47.9 Å². The molecule has 0 aliphatic carbocycles. The summed E-state index contributed by atoms with van der Waals surface area (Å²) in [5.41, 5.74) is 14.3. The van der Waals surface area contributed by atoms with Gasteiger partial charge in [-0.15, -0.1) is 0 Å². The highest BCUT2D eigenvalue weighted by Gasteiger charge is 2.32. The first-order chi connectivity index (χ1) is 20.5. The van der Waals surface area contributed by atoms with Gasteiger partial charge >= 0.3 is 0 Å². The van der Waals surface area contributed by atoms with E-state index in [-0.39, 0.29) is 23.8 Å². The first-order valence-electron chi connectivity index (χ1n) is 15.5. The van der Waals surface area contributed by atoms with Crippen molar-refractivity contribution in [3.63, 3.8) is 0 Å². The van der Waals surface area contributed by atoms with Gasteiger partial charge in [0.25, 0.3) is 0 Å². The molecule has 8 heteroatoms. The minimum Gasteiger partial charge on any atom is -0.326 e. The molecule has 4 aliphatic rings. The van der Waals surface area contributed by atoms with Crippen molar-refractivity contribution in [3.05, 3.63) is 82.1 Å². The van der Waals surface area contributed by atoms with Crippen LogP contribution in [0, 0.1) is 6.92 Å². The molecule has 3 N–H and O–H groups in total. The van der Waals surface area contributed by atoms with Crippen LogP contribution in [-0.2, 0) is 16.1 Å². The molecule has 2 amide bonds. The van der Waals surface area contributed by atoms with Gasteiger partial charge in [0.05, 0.1) is 17.7 Å². The summed E-state index contributed by atoms with van der Waals surface area (Å²) in [5, 5.41) is 9.09. The molecule has 2 atom stereocenters. The first-order valence-corrected chi connectivity index (χ1v) is 15.5. The number of unbranched alkanes of at least 4 members (excludes halogenated alkanes) is 1. The quantitative estimate of drug-likeness (QED) is 0.338. The second kappa shape index (κ2) is 12.7. The third kappa shape index (κ3) is 6.25. The van der Waals surface area contributed by atoms with E-state index in [1.54, 1.807) is 6.34 Å². The number of hydrazone groups is 1. The van der Waals surface area contributed by atoms with Crippen molar-refractivity contribution in [3.8, 4) is 0 Å². The van der Waals surface area contributed by atoms with Gasteiger partial charge in [-0.2, -0.15) is 5.10 Å². The number of carbonyl (C=O) groups excluding carboxylic acids is 2. The SMILES string of the molecule is Cc1cc(C2=NC=NN3C=C(CCCCN4CCC(c5ccc(C6CCC(=O)NC6=O)cc5)CC4)CC23)ccc1CN. The third-order valence-electron chi connectivity index (χ3n) is 9.50. The maximum atomic E-state index is 12.2. The molecule has 6 rings (SSSR count).